The van der Waals surface area contributed by atoms with E-state index in [0.29, 0.717) is 0 Å². The second-order valence-electron chi connectivity index (χ2n) is 5.69. The Morgan fingerprint density at radius 1 is 1.40 bits per heavy atom. The highest BCUT2D eigenvalue weighted by Gasteiger charge is 2.19. The van der Waals surface area contributed by atoms with E-state index in [4.69, 9.17) is 9.47 Å². The predicted octanol–water partition coefficient (Wildman–Crippen LogP) is 3.15. The van der Waals surface area contributed by atoms with Gasteiger partial charge < -0.3 is 14.8 Å². The van der Waals surface area contributed by atoms with Crippen molar-refractivity contribution < 1.29 is 9.47 Å². The zero-order chi connectivity index (χ0) is 14.4. The van der Waals surface area contributed by atoms with Crippen molar-refractivity contribution in [2.75, 3.05) is 26.4 Å². The summed E-state index contributed by atoms with van der Waals surface area (Å²) < 4.78 is 11.4. The second-order valence-corrected chi connectivity index (χ2v) is 5.69. The molecular weight excluding hydrogens is 250 g/mol. The van der Waals surface area contributed by atoms with Crippen LogP contribution in [0.15, 0.2) is 18.2 Å². The van der Waals surface area contributed by atoms with Crippen molar-refractivity contribution in [3.8, 4) is 0 Å². The molecule has 0 spiro atoms. The Morgan fingerprint density at radius 3 is 2.90 bits per heavy atom. The fourth-order valence-corrected chi connectivity index (χ4v) is 2.67. The Balaban J connectivity index is 2.01. The SMILES string of the molecule is CCCNC(COC1CCOC1)c1ccc(C)cc1C. The maximum absolute atomic E-state index is 6.01. The Bertz CT molecular complexity index is 413. The van der Waals surface area contributed by atoms with Gasteiger partial charge >= 0.3 is 0 Å². The molecule has 0 aliphatic carbocycles. The first-order chi connectivity index (χ1) is 9.70. The van der Waals surface area contributed by atoms with Gasteiger partial charge in [0.2, 0.25) is 0 Å². The van der Waals surface area contributed by atoms with Crippen molar-refractivity contribution in [1.29, 1.82) is 0 Å². The summed E-state index contributed by atoms with van der Waals surface area (Å²) >= 11 is 0. The maximum atomic E-state index is 6.01. The largest absolute Gasteiger partial charge is 0.379 e. The molecule has 1 aliphatic rings. The van der Waals surface area contributed by atoms with Crippen LogP contribution >= 0.6 is 0 Å². The van der Waals surface area contributed by atoms with Crippen molar-refractivity contribution in [2.24, 2.45) is 0 Å². The van der Waals surface area contributed by atoms with Crippen LogP contribution in [-0.2, 0) is 9.47 Å². The molecule has 0 bridgehead atoms. The summed E-state index contributed by atoms with van der Waals surface area (Å²) in [5.74, 6) is 0. The molecule has 20 heavy (non-hydrogen) atoms. The van der Waals surface area contributed by atoms with E-state index in [9.17, 15) is 0 Å². The van der Waals surface area contributed by atoms with Crippen LogP contribution in [0, 0.1) is 13.8 Å². The summed E-state index contributed by atoms with van der Waals surface area (Å²) in [7, 11) is 0. The molecule has 1 aromatic rings. The number of hydrogen-bond donors (Lipinski definition) is 1. The lowest BCUT2D eigenvalue weighted by molar-refractivity contribution is 0.0297. The topological polar surface area (TPSA) is 30.5 Å². The molecule has 0 aromatic heterocycles. The third-order valence-electron chi connectivity index (χ3n) is 3.83. The van der Waals surface area contributed by atoms with Crippen LogP contribution in [0.3, 0.4) is 0 Å². The van der Waals surface area contributed by atoms with Gasteiger partial charge in [0.25, 0.3) is 0 Å². The van der Waals surface area contributed by atoms with Crippen LogP contribution in [0.25, 0.3) is 0 Å². The van der Waals surface area contributed by atoms with Gasteiger partial charge in [0.1, 0.15) is 0 Å². The van der Waals surface area contributed by atoms with E-state index in [2.05, 4.69) is 44.3 Å². The van der Waals surface area contributed by atoms with Crippen molar-refractivity contribution in [2.45, 2.75) is 45.8 Å². The van der Waals surface area contributed by atoms with E-state index in [1.54, 1.807) is 0 Å². The highest BCUT2D eigenvalue weighted by molar-refractivity contribution is 5.32. The first-order valence-electron chi connectivity index (χ1n) is 7.70. The zero-order valence-electron chi connectivity index (χ0n) is 12.9. The molecule has 3 nitrogen and oxygen atoms in total. The van der Waals surface area contributed by atoms with E-state index in [0.717, 1.165) is 39.2 Å². The van der Waals surface area contributed by atoms with Crippen LogP contribution in [-0.4, -0.2) is 32.5 Å². The third-order valence-corrected chi connectivity index (χ3v) is 3.83. The van der Waals surface area contributed by atoms with Gasteiger partial charge in [0, 0.05) is 6.61 Å². The third kappa shape index (κ3) is 4.30. The molecule has 2 rings (SSSR count). The first-order valence-corrected chi connectivity index (χ1v) is 7.70. The van der Waals surface area contributed by atoms with Gasteiger partial charge in [0.15, 0.2) is 0 Å². The van der Waals surface area contributed by atoms with E-state index in [1.807, 2.05) is 0 Å². The van der Waals surface area contributed by atoms with E-state index < -0.39 is 0 Å². The van der Waals surface area contributed by atoms with E-state index in [1.165, 1.54) is 16.7 Å². The summed E-state index contributed by atoms with van der Waals surface area (Å²) in [6.45, 7) is 9.83. The molecule has 1 heterocycles. The lowest BCUT2D eigenvalue weighted by Gasteiger charge is -2.23. The van der Waals surface area contributed by atoms with Gasteiger partial charge in [-0.3, -0.25) is 0 Å². The average Bonchev–Trinajstić information content (AvgIpc) is 2.93. The minimum Gasteiger partial charge on any atom is -0.379 e. The fourth-order valence-electron chi connectivity index (χ4n) is 2.67. The number of aryl methyl sites for hydroxylation is 2. The number of benzene rings is 1. The normalized spacial score (nSPS) is 20.2. The van der Waals surface area contributed by atoms with E-state index in [-0.39, 0.29) is 12.1 Å². The number of ether oxygens (including phenoxy) is 2. The van der Waals surface area contributed by atoms with Crippen molar-refractivity contribution >= 4 is 0 Å². The van der Waals surface area contributed by atoms with Crippen molar-refractivity contribution in [3.05, 3.63) is 34.9 Å². The number of rotatable bonds is 7. The molecule has 112 valence electrons. The first kappa shape index (κ1) is 15.5. The Hall–Kier alpha value is -0.900. The molecule has 1 aromatic carbocycles. The van der Waals surface area contributed by atoms with Gasteiger partial charge in [-0.05, 0) is 44.4 Å². The monoisotopic (exact) mass is 277 g/mol. The Kier molecular flexibility index (Phi) is 6.02. The van der Waals surface area contributed by atoms with Crippen LogP contribution in [0.2, 0.25) is 0 Å². The molecule has 0 saturated carbocycles. The second kappa shape index (κ2) is 7.77. The molecule has 0 radical (unpaired) electrons. The number of nitrogens with one attached hydrogen (secondary N) is 1. The van der Waals surface area contributed by atoms with Crippen LogP contribution in [0.4, 0.5) is 0 Å². The predicted molar refractivity (Wildman–Crippen MR) is 82.1 cm³/mol. The van der Waals surface area contributed by atoms with Gasteiger partial charge in [-0.1, -0.05) is 30.7 Å². The molecule has 1 N–H and O–H groups in total. The van der Waals surface area contributed by atoms with E-state index >= 15 is 0 Å². The average molecular weight is 277 g/mol. The summed E-state index contributed by atoms with van der Waals surface area (Å²) in [6, 6.07) is 6.93. The highest BCUT2D eigenvalue weighted by Crippen LogP contribution is 2.21. The smallest absolute Gasteiger partial charge is 0.0831 e. The summed E-state index contributed by atoms with van der Waals surface area (Å²) in [4.78, 5) is 0. The van der Waals surface area contributed by atoms with Crippen molar-refractivity contribution in [3.63, 3.8) is 0 Å². The van der Waals surface area contributed by atoms with Gasteiger partial charge in [-0.25, -0.2) is 0 Å². The Morgan fingerprint density at radius 2 is 2.25 bits per heavy atom. The zero-order valence-corrected chi connectivity index (χ0v) is 12.9. The van der Waals surface area contributed by atoms with Crippen LogP contribution < -0.4 is 5.32 Å². The standard InChI is InChI=1S/C17H27NO2/c1-4-8-18-17(12-20-15-7-9-19-11-15)16-6-5-13(2)10-14(16)3/h5-6,10,15,17-18H,4,7-9,11-12H2,1-3H3. The van der Waals surface area contributed by atoms with Crippen LogP contribution in [0.5, 0.6) is 0 Å². The van der Waals surface area contributed by atoms with Gasteiger partial charge in [-0.2, -0.15) is 0 Å². The molecule has 3 heteroatoms. The molecule has 2 atom stereocenters. The van der Waals surface area contributed by atoms with Crippen molar-refractivity contribution in [1.82, 2.24) is 5.32 Å². The molecule has 1 fully saturated rings. The Labute approximate surface area is 122 Å². The lowest BCUT2D eigenvalue weighted by atomic mass is 9.99. The fraction of sp³-hybridized carbons (Fsp3) is 0.647. The molecule has 1 aliphatic heterocycles. The molecule has 0 amide bonds. The van der Waals surface area contributed by atoms with Gasteiger partial charge in [-0.15, -0.1) is 0 Å². The maximum Gasteiger partial charge on any atom is 0.0831 e. The highest BCUT2D eigenvalue weighted by atomic mass is 16.5. The van der Waals surface area contributed by atoms with Crippen LogP contribution in [0.1, 0.15) is 42.5 Å². The number of hydrogen-bond acceptors (Lipinski definition) is 3. The summed E-state index contributed by atoms with van der Waals surface area (Å²) in [5.41, 5.74) is 4.00. The van der Waals surface area contributed by atoms with Gasteiger partial charge in [0.05, 0.1) is 25.4 Å². The molecule has 2 unspecified atom stereocenters. The molecule has 1 saturated heterocycles. The quantitative estimate of drug-likeness (QED) is 0.830. The molecular formula is C17H27NO2. The lowest BCUT2D eigenvalue weighted by Crippen LogP contribution is -2.29. The minimum absolute atomic E-state index is 0.270. The minimum atomic E-state index is 0.270. The summed E-state index contributed by atoms with van der Waals surface area (Å²) in [5, 5.41) is 3.60. The summed E-state index contributed by atoms with van der Waals surface area (Å²) in [6.07, 6.45) is 2.42.